The third-order valence-corrected chi connectivity index (χ3v) is 3.79. The SMILES string of the molecule is CC(C)=C(NC(=O)c1ccccc1)C(=O)N/N=C\c1ccc(N(C)C)cc1. The molecule has 0 aliphatic rings. The van der Waals surface area contributed by atoms with Crippen LogP contribution in [0.5, 0.6) is 0 Å². The summed E-state index contributed by atoms with van der Waals surface area (Å²) in [6, 6.07) is 16.5. The molecule has 0 unspecified atom stereocenters. The largest absolute Gasteiger partial charge is 0.378 e. The highest BCUT2D eigenvalue weighted by Crippen LogP contribution is 2.11. The van der Waals surface area contributed by atoms with Gasteiger partial charge in [-0.05, 0) is 49.2 Å². The van der Waals surface area contributed by atoms with Crippen molar-refractivity contribution in [3.05, 3.63) is 77.0 Å². The summed E-state index contributed by atoms with van der Waals surface area (Å²) in [6.07, 6.45) is 1.55. The highest BCUT2D eigenvalue weighted by Gasteiger charge is 2.15. The van der Waals surface area contributed by atoms with Crippen LogP contribution < -0.4 is 15.6 Å². The first-order valence-electron chi connectivity index (χ1n) is 8.53. The lowest BCUT2D eigenvalue weighted by atomic mass is 10.2. The van der Waals surface area contributed by atoms with E-state index in [2.05, 4.69) is 15.8 Å². The van der Waals surface area contributed by atoms with Crippen molar-refractivity contribution in [3.8, 4) is 0 Å². The molecular formula is C21H24N4O2. The third-order valence-electron chi connectivity index (χ3n) is 3.79. The van der Waals surface area contributed by atoms with Crippen LogP contribution in [0.15, 0.2) is 71.0 Å². The highest BCUT2D eigenvalue weighted by molar-refractivity contribution is 6.03. The number of hydrazone groups is 1. The summed E-state index contributed by atoms with van der Waals surface area (Å²) in [5.74, 6) is -0.814. The van der Waals surface area contributed by atoms with Crippen LogP contribution in [-0.4, -0.2) is 32.1 Å². The van der Waals surface area contributed by atoms with Gasteiger partial charge in [0, 0.05) is 25.3 Å². The van der Waals surface area contributed by atoms with E-state index in [1.807, 2.05) is 49.3 Å². The third kappa shape index (κ3) is 5.81. The van der Waals surface area contributed by atoms with Gasteiger partial charge >= 0.3 is 0 Å². The van der Waals surface area contributed by atoms with Gasteiger partial charge in [0.25, 0.3) is 11.8 Å². The zero-order valence-electron chi connectivity index (χ0n) is 16.0. The first-order chi connectivity index (χ1) is 12.9. The van der Waals surface area contributed by atoms with Gasteiger partial charge in [0.1, 0.15) is 5.70 Å². The summed E-state index contributed by atoms with van der Waals surface area (Å²) in [7, 11) is 3.93. The Morgan fingerprint density at radius 1 is 0.963 bits per heavy atom. The Morgan fingerprint density at radius 3 is 2.15 bits per heavy atom. The molecule has 6 heteroatoms. The monoisotopic (exact) mass is 364 g/mol. The van der Waals surface area contributed by atoms with Gasteiger partial charge in [-0.2, -0.15) is 5.10 Å². The highest BCUT2D eigenvalue weighted by atomic mass is 16.2. The first-order valence-corrected chi connectivity index (χ1v) is 8.53. The minimum absolute atomic E-state index is 0.184. The van der Waals surface area contributed by atoms with E-state index in [1.54, 1.807) is 44.3 Å². The quantitative estimate of drug-likeness (QED) is 0.470. The van der Waals surface area contributed by atoms with Gasteiger partial charge in [-0.1, -0.05) is 30.3 Å². The van der Waals surface area contributed by atoms with Crippen LogP contribution in [0.2, 0.25) is 0 Å². The topological polar surface area (TPSA) is 73.8 Å². The second kappa shape index (κ2) is 9.33. The van der Waals surface area contributed by atoms with Crippen LogP contribution in [0.1, 0.15) is 29.8 Å². The van der Waals surface area contributed by atoms with E-state index in [4.69, 9.17) is 0 Å². The minimum Gasteiger partial charge on any atom is -0.378 e. The summed E-state index contributed by atoms with van der Waals surface area (Å²) in [5.41, 5.74) is 5.73. The molecule has 0 saturated carbocycles. The van der Waals surface area contributed by atoms with Crippen LogP contribution in [-0.2, 0) is 4.79 Å². The number of carbonyl (C=O) groups is 2. The molecule has 27 heavy (non-hydrogen) atoms. The fraction of sp³-hybridized carbons (Fsp3) is 0.190. The zero-order valence-corrected chi connectivity index (χ0v) is 16.0. The number of hydrogen-bond acceptors (Lipinski definition) is 4. The minimum atomic E-state index is -0.472. The van der Waals surface area contributed by atoms with Crippen molar-refractivity contribution in [3.63, 3.8) is 0 Å². The predicted molar refractivity (Wildman–Crippen MR) is 109 cm³/mol. The molecule has 2 aromatic rings. The smallest absolute Gasteiger partial charge is 0.287 e. The Morgan fingerprint density at radius 2 is 1.59 bits per heavy atom. The van der Waals surface area contributed by atoms with E-state index in [0.717, 1.165) is 11.3 Å². The fourth-order valence-electron chi connectivity index (χ4n) is 2.26. The number of allylic oxidation sites excluding steroid dienone is 1. The van der Waals surface area contributed by atoms with E-state index in [9.17, 15) is 9.59 Å². The lowest BCUT2D eigenvalue weighted by Gasteiger charge is -2.12. The summed E-state index contributed by atoms with van der Waals surface area (Å²) < 4.78 is 0. The van der Waals surface area contributed by atoms with Gasteiger partial charge in [-0.3, -0.25) is 9.59 Å². The van der Waals surface area contributed by atoms with Crippen molar-refractivity contribution in [1.29, 1.82) is 0 Å². The second-order valence-corrected chi connectivity index (χ2v) is 6.38. The van der Waals surface area contributed by atoms with Gasteiger partial charge < -0.3 is 10.2 Å². The first kappa shape index (κ1) is 19.9. The molecule has 2 N–H and O–H groups in total. The van der Waals surface area contributed by atoms with Gasteiger partial charge in [0.05, 0.1) is 6.21 Å². The van der Waals surface area contributed by atoms with Crippen molar-refractivity contribution in [2.24, 2.45) is 5.10 Å². The molecule has 0 spiro atoms. The number of nitrogens with one attached hydrogen (secondary N) is 2. The second-order valence-electron chi connectivity index (χ2n) is 6.38. The number of carbonyl (C=O) groups excluding carboxylic acids is 2. The van der Waals surface area contributed by atoms with Crippen molar-refractivity contribution in [2.45, 2.75) is 13.8 Å². The van der Waals surface area contributed by atoms with E-state index in [0.29, 0.717) is 11.1 Å². The van der Waals surface area contributed by atoms with Gasteiger partial charge in [0.15, 0.2) is 0 Å². The molecule has 0 saturated heterocycles. The predicted octanol–water partition coefficient (Wildman–Crippen LogP) is 2.93. The standard InChI is InChI=1S/C21H24N4O2/c1-15(2)19(23-20(26)17-8-6-5-7-9-17)21(27)24-22-14-16-10-12-18(13-11-16)25(3)4/h5-14H,1-4H3,(H,23,26)(H,24,27)/b22-14-. The number of hydrogen-bond donors (Lipinski definition) is 2. The maximum absolute atomic E-state index is 12.4. The molecule has 0 radical (unpaired) electrons. The summed E-state index contributed by atoms with van der Waals surface area (Å²) in [4.78, 5) is 26.7. The number of benzene rings is 2. The van der Waals surface area contributed by atoms with E-state index >= 15 is 0 Å². The summed E-state index contributed by atoms with van der Waals surface area (Å²) in [6.45, 7) is 3.51. The molecule has 0 aromatic heterocycles. The molecule has 0 fully saturated rings. The molecule has 0 atom stereocenters. The fourth-order valence-corrected chi connectivity index (χ4v) is 2.26. The van der Waals surface area contributed by atoms with Gasteiger partial charge in [0.2, 0.25) is 0 Å². The summed E-state index contributed by atoms with van der Waals surface area (Å²) >= 11 is 0. The number of rotatable bonds is 6. The van der Waals surface area contributed by atoms with Crippen molar-refractivity contribution >= 4 is 23.7 Å². The number of nitrogens with zero attached hydrogens (tertiary/aromatic N) is 2. The van der Waals surface area contributed by atoms with E-state index < -0.39 is 5.91 Å². The van der Waals surface area contributed by atoms with Crippen LogP contribution in [0.4, 0.5) is 5.69 Å². The molecule has 0 bridgehead atoms. The average molecular weight is 364 g/mol. The maximum atomic E-state index is 12.4. The molecular weight excluding hydrogens is 340 g/mol. The van der Waals surface area contributed by atoms with Crippen LogP contribution in [0, 0.1) is 0 Å². The number of amides is 2. The molecule has 2 amide bonds. The molecule has 6 nitrogen and oxygen atoms in total. The van der Waals surface area contributed by atoms with Gasteiger partial charge in [-0.25, -0.2) is 5.43 Å². The normalized spacial score (nSPS) is 10.4. The lowest BCUT2D eigenvalue weighted by Crippen LogP contribution is -2.33. The van der Waals surface area contributed by atoms with Gasteiger partial charge in [-0.15, -0.1) is 0 Å². The van der Waals surface area contributed by atoms with E-state index in [1.165, 1.54) is 0 Å². The number of anilines is 1. The lowest BCUT2D eigenvalue weighted by molar-refractivity contribution is -0.117. The van der Waals surface area contributed by atoms with Crippen LogP contribution in [0.25, 0.3) is 0 Å². The Balaban J connectivity index is 2.01. The summed E-state index contributed by atoms with van der Waals surface area (Å²) in [5, 5.41) is 6.63. The molecule has 0 heterocycles. The maximum Gasteiger partial charge on any atom is 0.287 e. The van der Waals surface area contributed by atoms with Crippen molar-refractivity contribution in [1.82, 2.24) is 10.7 Å². The van der Waals surface area contributed by atoms with E-state index in [-0.39, 0.29) is 11.6 Å². The molecule has 140 valence electrons. The molecule has 0 aliphatic heterocycles. The van der Waals surface area contributed by atoms with Crippen molar-refractivity contribution < 1.29 is 9.59 Å². The molecule has 2 rings (SSSR count). The van der Waals surface area contributed by atoms with Crippen molar-refractivity contribution in [2.75, 3.05) is 19.0 Å². The average Bonchev–Trinajstić information content (AvgIpc) is 2.66. The van der Waals surface area contributed by atoms with Crippen LogP contribution >= 0.6 is 0 Å². The zero-order chi connectivity index (χ0) is 19.8. The Kier molecular flexibility index (Phi) is 6.88. The van der Waals surface area contributed by atoms with Crippen LogP contribution in [0.3, 0.4) is 0 Å². The Labute approximate surface area is 159 Å². The Hall–Kier alpha value is -3.41. The molecule has 0 aliphatic carbocycles. The molecule has 2 aromatic carbocycles. The Bertz CT molecular complexity index is 850.